The Morgan fingerprint density at radius 2 is 1.70 bits per heavy atom. The molecule has 1 amide bonds. The second-order valence-corrected chi connectivity index (χ2v) is 5.52. The monoisotopic (exact) mass is 315 g/mol. The van der Waals surface area contributed by atoms with Crippen molar-refractivity contribution in [1.82, 2.24) is 10.2 Å². The zero-order valence-electron chi connectivity index (χ0n) is 13.3. The lowest BCUT2D eigenvalue weighted by Crippen LogP contribution is -2.32. The fourth-order valence-corrected chi connectivity index (χ4v) is 2.24. The topological polar surface area (TPSA) is 58.4 Å². The summed E-state index contributed by atoms with van der Waals surface area (Å²) in [6.45, 7) is 2.44. The van der Waals surface area contributed by atoms with Crippen molar-refractivity contribution in [3.63, 3.8) is 0 Å². The molecule has 0 radical (unpaired) electrons. The Kier molecular flexibility index (Phi) is 6.26. The highest BCUT2D eigenvalue weighted by molar-refractivity contribution is 5.94. The van der Waals surface area contributed by atoms with Crippen LogP contribution in [0.3, 0.4) is 0 Å². The van der Waals surface area contributed by atoms with E-state index in [1.54, 1.807) is 24.3 Å². The summed E-state index contributed by atoms with van der Waals surface area (Å²) in [4.78, 5) is 14.1. The molecule has 122 valence electrons. The summed E-state index contributed by atoms with van der Waals surface area (Å²) in [5.41, 5.74) is 8.20. The van der Waals surface area contributed by atoms with Gasteiger partial charge in [0.25, 0.3) is 5.91 Å². The van der Waals surface area contributed by atoms with E-state index in [4.69, 9.17) is 5.73 Å². The molecule has 0 saturated heterocycles. The Balaban J connectivity index is 1.74. The Morgan fingerprint density at radius 1 is 1.09 bits per heavy atom. The van der Waals surface area contributed by atoms with Crippen molar-refractivity contribution in [2.24, 2.45) is 5.73 Å². The fourth-order valence-electron chi connectivity index (χ4n) is 2.24. The predicted molar refractivity (Wildman–Crippen MR) is 89.4 cm³/mol. The number of carbonyl (C=O) groups is 1. The second-order valence-electron chi connectivity index (χ2n) is 5.52. The first-order valence-corrected chi connectivity index (χ1v) is 7.58. The number of amides is 1. The maximum absolute atomic E-state index is 12.9. The normalized spacial score (nSPS) is 10.8. The molecular weight excluding hydrogens is 293 g/mol. The Bertz CT molecular complexity index is 626. The first-order chi connectivity index (χ1) is 11.1. The molecule has 0 aliphatic heterocycles. The van der Waals surface area contributed by atoms with Crippen LogP contribution < -0.4 is 11.1 Å². The third-order valence-corrected chi connectivity index (χ3v) is 3.60. The average Bonchev–Trinajstić information content (AvgIpc) is 2.57. The van der Waals surface area contributed by atoms with E-state index in [-0.39, 0.29) is 11.7 Å². The average molecular weight is 315 g/mol. The largest absolute Gasteiger partial charge is 0.351 e. The van der Waals surface area contributed by atoms with Crippen molar-refractivity contribution in [1.29, 1.82) is 0 Å². The lowest BCUT2D eigenvalue weighted by Gasteiger charge is -2.17. The number of nitrogens with zero attached hydrogens (tertiary/aromatic N) is 1. The first kappa shape index (κ1) is 17.1. The molecular formula is C18H22FN3O. The minimum atomic E-state index is -0.232. The molecule has 23 heavy (non-hydrogen) atoms. The maximum Gasteiger partial charge on any atom is 0.251 e. The fraction of sp³-hybridized carbons (Fsp3) is 0.278. The molecule has 5 heteroatoms. The number of rotatable bonds is 7. The minimum Gasteiger partial charge on any atom is -0.351 e. The summed E-state index contributed by atoms with van der Waals surface area (Å²) in [7, 11) is 1.96. The molecule has 2 aromatic rings. The van der Waals surface area contributed by atoms with Crippen LogP contribution in [0.1, 0.15) is 21.5 Å². The maximum atomic E-state index is 12.9. The van der Waals surface area contributed by atoms with Crippen LogP contribution in [-0.4, -0.2) is 30.9 Å². The molecule has 0 saturated carbocycles. The third kappa shape index (κ3) is 5.47. The Hall–Kier alpha value is -2.24. The van der Waals surface area contributed by atoms with Gasteiger partial charge in [-0.1, -0.05) is 24.3 Å². The van der Waals surface area contributed by atoms with Crippen LogP contribution in [0.25, 0.3) is 0 Å². The van der Waals surface area contributed by atoms with Crippen LogP contribution in [0, 0.1) is 5.82 Å². The van der Waals surface area contributed by atoms with Gasteiger partial charge in [0.1, 0.15) is 5.82 Å². The highest BCUT2D eigenvalue weighted by atomic mass is 19.1. The van der Waals surface area contributed by atoms with Gasteiger partial charge in [-0.3, -0.25) is 4.79 Å². The summed E-state index contributed by atoms with van der Waals surface area (Å²) in [6.07, 6.45) is 0. The number of nitrogens with one attached hydrogen (secondary N) is 1. The van der Waals surface area contributed by atoms with E-state index in [0.717, 1.165) is 11.1 Å². The lowest BCUT2D eigenvalue weighted by molar-refractivity contribution is 0.0949. The highest BCUT2D eigenvalue weighted by Gasteiger charge is 2.06. The molecule has 0 aliphatic rings. The standard InChI is InChI=1S/C18H22FN3O/c1-22(13-15-4-8-17(19)9-5-15)11-10-21-18(23)16-6-2-14(12-20)3-7-16/h2-9H,10-13,20H2,1H3,(H,21,23). The summed E-state index contributed by atoms with van der Waals surface area (Å²) in [6, 6.07) is 13.7. The van der Waals surface area contributed by atoms with Crippen molar-refractivity contribution < 1.29 is 9.18 Å². The molecule has 0 unspecified atom stereocenters. The third-order valence-electron chi connectivity index (χ3n) is 3.60. The molecule has 3 N–H and O–H groups in total. The van der Waals surface area contributed by atoms with Crippen LogP contribution in [0.5, 0.6) is 0 Å². The van der Waals surface area contributed by atoms with Crippen molar-refractivity contribution in [3.05, 3.63) is 71.0 Å². The van der Waals surface area contributed by atoms with Gasteiger partial charge in [-0.05, 0) is 42.4 Å². The van der Waals surface area contributed by atoms with Gasteiger partial charge in [0, 0.05) is 31.7 Å². The zero-order valence-corrected chi connectivity index (χ0v) is 13.3. The molecule has 0 heterocycles. The number of halogens is 1. The van der Waals surface area contributed by atoms with Crippen molar-refractivity contribution in [2.45, 2.75) is 13.1 Å². The molecule has 0 bridgehead atoms. The number of nitrogens with two attached hydrogens (primary N) is 1. The van der Waals surface area contributed by atoms with Gasteiger partial charge >= 0.3 is 0 Å². The minimum absolute atomic E-state index is 0.0937. The van der Waals surface area contributed by atoms with Crippen molar-refractivity contribution >= 4 is 5.91 Å². The van der Waals surface area contributed by atoms with Gasteiger partial charge in [-0.25, -0.2) is 4.39 Å². The number of benzene rings is 2. The first-order valence-electron chi connectivity index (χ1n) is 7.58. The van der Waals surface area contributed by atoms with Gasteiger partial charge in [0.2, 0.25) is 0 Å². The van der Waals surface area contributed by atoms with Crippen LogP contribution in [0.15, 0.2) is 48.5 Å². The summed E-state index contributed by atoms with van der Waals surface area (Å²) in [5.74, 6) is -0.326. The van der Waals surface area contributed by atoms with E-state index in [2.05, 4.69) is 10.2 Å². The van der Waals surface area contributed by atoms with Gasteiger partial charge in [0.15, 0.2) is 0 Å². The van der Waals surface area contributed by atoms with E-state index in [1.165, 1.54) is 12.1 Å². The van der Waals surface area contributed by atoms with Crippen LogP contribution in [0.2, 0.25) is 0 Å². The van der Waals surface area contributed by atoms with Crippen LogP contribution in [-0.2, 0) is 13.1 Å². The molecule has 0 spiro atoms. The molecule has 0 atom stereocenters. The Morgan fingerprint density at radius 3 is 2.30 bits per heavy atom. The van der Waals surface area contributed by atoms with Crippen LogP contribution >= 0.6 is 0 Å². The number of hydrogen-bond acceptors (Lipinski definition) is 3. The molecule has 0 fully saturated rings. The molecule has 2 aromatic carbocycles. The molecule has 0 aliphatic carbocycles. The lowest BCUT2D eigenvalue weighted by atomic mass is 10.1. The summed E-state index contributed by atoms with van der Waals surface area (Å²) in [5, 5.41) is 2.89. The van der Waals surface area contributed by atoms with Gasteiger partial charge in [0.05, 0.1) is 0 Å². The quantitative estimate of drug-likeness (QED) is 0.823. The van der Waals surface area contributed by atoms with E-state index in [9.17, 15) is 9.18 Å². The van der Waals surface area contributed by atoms with E-state index in [1.807, 2.05) is 19.2 Å². The zero-order chi connectivity index (χ0) is 16.7. The van der Waals surface area contributed by atoms with Crippen molar-refractivity contribution in [2.75, 3.05) is 20.1 Å². The molecule has 4 nitrogen and oxygen atoms in total. The second kappa shape index (κ2) is 8.41. The number of hydrogen-bond donors (Lipinski definition) is 2. The summed E-state index contributed by atoms with van der Waals surface area (Å²) >= 11 is 0. The SMILES string of the molecule is CN(CCNC(=O)c1ccc(CN)cc1)Cc1ccc(F)cc1. The molecule has 2 rings (SSSR count). The smallest absolute Gasteiger partial charge is 0.251 e. The van der Waals surface area contributed by atoms with E-state index < -0.39 is 0 Å². The van der Waals surface area contributed by atoms with E-state index >= 15 is 0 Å². The van der Waals surface area contributed by atoms with Gasteiger partial charge in [-0.15, -0.1) is 0 Å². The van der Waals surface area contributed by atoms with Crippen LogP contribution in [0.4, 0.5) is 4.39 Å². The van der Waals surface area contributed by atoms with Gasteiger partial charge in [-0.2, -0.15) is 0 Å². The number of likely N-dealkylation sites (N-methyl/N-ethyl adjacent to an activating group) is 1. The summed E-state index contributed by atoms with van der Waals surface area (Å²) < 4.78 is 12.9. The van der Waals surface area contributed by atoms with E-state index in [0.29, 0.717) is 31.7 Å². The van der Waals surface area contributed by atoms with Gasteiger partial charge < -0.3 is 16.0 Å². The predicted octanol–water partition coefficient (Wildman–Crippen LogP) is 2.15. The Labute approximate surface area is 136 Å². The highest BCUT2D eigenvalue weighted by Crippen LogP contribution is 2.06. The van der Waals surface area contributed by atoms with Crippen molar-refractivity contribution in [3.8, 4) is 0 Å². The number of carbonyl (C=O) groups excluding carboxylic acids is 1. The molecule has 0 aromatic heterocycles.